The first-order valence-corrected chi connectivity index (χ1v) is 8.02. The molecule has 132 valence electrons. The Morgan fingerprint density at radius 3 is 2.44 bits per heavy atom. The SMILES string of the molecule is CC1=CCC2(C(=O)OC(C)(C)OC2=O)C(c2cccc([N+](=O)[O-])c2)C1. The van der Waals surface area contributed by atoms with Gasteiger partial charge < -0.3 is 9.47 Å². The number of cyclic esters (lactones) is 2. The average molecular weight is 345 g/mol. The molecule has 2 aliphatic rings. The van der Waals surface area contributed by atoms with Crippen molar-refractivity contribution < 1.29 is 24.0 Å². The maximum absolute atomic E-state index is 12.8. The van der Waals surface area contributed by atoms with E-state index >= 15 is 0 Å². The molecule has 7 nitrogen and oxygen atoms in total. The standard InChI is InChI=1S/C18H19NO6/c1-11-7-8-18(15(20)24-17(2,3)25-16(18)21)14(9-11)12-5-4-6-13(10-12)19(22)23/h4-7,10,14H,8-9H2,1-3H3. The van der Waals surface area contributed by atoms with Gasteiger partial charge in [-0.1, -0.05) is 23.8 Å². The molecule has 1 aromatic carbocycles. The van der Waals surface area contributed by atoms with Crippen LogP contribution in [-0.4, -0.2) is 22.6 Å². The molecule has 3 rings (SSSR count). The second-order valence-corrected chi connectivity index (χ2v) is 7.01. The first-order valence-electron chi connectivity index (χ1n) is 8.02. The Balaban J connectivity index is 2.11. The number of rotatable bonds is 2. The number of nitrogens with zero attached hydrogens (tertiary/aromatic N) is 1. The molecule has 0 aromatic heterocycles. The summed E-state index contributed by atoms with van der Waals surface area (Å²) in [5, 5.41) is 11.1. The lowest BCUT2D eigenvalue weighted by Gasteiger charge is -2.45. The van der Waals surface area contributed by atoms with Crippen LogP contribution in [0.2, 0.25) is 0 Å². The van der Waals surface area contributed by atoms with Crippen molar-refractivity contribution in [2.45, 2.75) is 45.3 Å². The minimum Gasteiger partial charge on any atom is -0.422 e. The fourth-order valence-electron chi connectivity index (χ4n) is 3.50. The van der Waals surface area contributed by atoms with E-state index in [1.807, 2.05) is 13.0 Å². The Morgan fingerprint density at radius 1 is 1.20 bits per heavy atom. The van der Waals surface area contributed by atoms with Crippen LogP contribution in [-0.2, 0) is 19.1 Å². The highest BCUT2D eigenvalue weighted by atomic mass is 16.7. The van der Waals surface area contributed by atoms with E-state index in [1.54, 1.807) is 12.1 Å². The summed E-state index contributed by atoms with van der Waals surface area (Å²) in [5.41, 5.74) is -0.0369. The van der Waals surface area contributed by atoms with E-state index in [-0.39, 0.29) is 12.1 Å². The van der Waals surface area contributed by atoms with Crippen LogP contribution in [0.4, 0.5) is 5.69 Å². The van der Waals surface area contributed by atoms with Crippen LogP contribution < -0.4 is 0 Å². The Kier molecular flexibility index (Phi) is 3.89. The van der Waals surface area contributed by atoms with Gasteiger partial charge >= 0.3 is 11.9 Å². The quantitative estimate of drug-likeness (QED) is 0.268. The van der Waals surface area contributed by atoms with E-state index in [0.717, 1.165) is 5.57 Å². The van der Waals surface area contributed by atoms with Gasteiger partial charge in [0.2, 0.25) is 0 Å². The molecule has 1 spiro atoms. The Bertz CT molecular complexity index is 775. The molecule has 0 bridgehead atoms. The number of ether oxygens (including phenoxy) is 2. The van der Waals surface area contributed by atoms with E-state index in [1.165, 1.54) is 26.0 Å². The zero-order chi connectivity index (χ0) is 18.4. The Morgan fingerprint density at radius 2 is 1.84 bits per heavy atom. The number of allylic oxidation sites excluding steroid dienone is 2. The van der Waals surface area contributed by atoms with Crippen LogP contribution in [0.15, 0.2) is 35.9 Å². The number of nitro benzene ring substituents is 1. The van der Waals surface area contributed by atoms with Gasteiger partial charge in [-0.25, -0.2) is 0 Å². The molecule has 1 fully saturated rings. The number of carbonyl (C=O) groups is 2. The molecule has 0 saturated carbocycles. The molecule has 7 heteroatoms. The molecule has 1 atom stereocenters. The number of benzene rings is 1. The largest absolute Gasteiger partial charge is 0.422 e. The molecule has 1 aromatic rings. The number of carbonyl (C=O) groups excluding carboxylic acids is 2. The first kappa shape index (κ1) is 17.1. The zero-order valence-electron chi connectivity index (χ0n) is 14.3. The average Bonchev–Trinajstić information content (AvgIpc) is 2.52. The van der Waals surface area contributed by atoms with Crippen LogP contribution in [0, 0.1) is 15.5 Å². The van der Waals surface area contributed by atoms with E-state index in [2.05, 4.69) is 0 Å². The van der Waals surface area contributed by atoms with Crippen molar-refractivity contribution in [3.8, 4) is 0 Å². The molecule has 0 amide bonds. The Hall–Kier alpha value is -2.70. The topological polar surface area (TPSA) is 95.7 Å². The number of nitro groups is 1. The van der Waals surface area contributed by atoms with E-state index in [9.17, 15) is 19.7 Å². The molecule has 0 N–H and O–H groups in total. The van der Waals surface area contributed by atoms with E-state index in [4.69, 9.17) is 9.47 Å². The zero-order valence-corrected chi connectivity index (χ0v) is 14.3. The van der Waals surface area contributed by atoms with Gasteiger partial charge in [-0.05, 0) is 25.3 Å². The smallest absolute Gasteiger partial charge is 0.327 e. The maximum atomic E-state index is 12.8. The third kappa shape index (κ3) is 2.79. The maximum Gasteiger partial charge on any atom is 0.327 e. The summed E-state index contributed by atoms with van der Waals surface area (Å²) in [6, 6.07) is 6.03. The lowest BCUT2D eigenvalue weighted by Crippen LogP contribution is -2.57. The lowest BCUT2D eigenvalue weighted by molar-refractivity contribution is -0.385. The Labute approximate surface area is 144 Å². The van der Waals surface area contributed by atoms with E-state index < -0.39 is 34.0 Å². The molecular formula is C18H19NO6. The molecule has 1 saturated heterocycles. The predicted octanol–water partition coefficient (Wildman–Crippen LogP) is 3.24. The van der Waals surface area contributed by atoms with Crippen LogP contribution in [0.5, 0.6) is 0 Å². The first-order chi connectivity index (χ1) is 11.7. The highest BCUT2D eigenvalue weighted by molar-refractivity contribution is 6.03. The van der Waals surface area contributed by atoms with Crippen molar-refractivity contribution >= 4 is 17.6 Å². The second kappa shape index (κ2) is 5.68. The number of hydrogen-bond donors (Lipinski definition) is 0. The van der Waals surface area contributed by atoms with Gasteiger partial charge in [0.25, 0.3) is 11.5 Å². The summed E-state index contributed by atoms with van der Waals surface area (Å²) in [6.07, 6.45) is 2.40. The van der Waals surface area contributed by atoms with Crippen molar-refractivity contribution in [2.75, 3.05) is 0 Å². The molecule has 25 heavy (non-hydrogen) atoms. The van der Waals surface area contributed by atoms with Crippen molar-refractivity contribution in [2.24, 2.45) is 5.41 Å². The lowest BCUT2D eigenvalue weighted by atomic mass is 9.64. The molecule has 1 aliphatic heterocycles. The summed E-state index contributed by atoms with van der Waals surface area (Å²) in [4.78, 5) is 36.2. The summed E-state index contributed by atoms with van der Waals surface area (Å²) in [6.45, 7) is 4.91. The normalized spacial score (nSPS) is 24.3. The molecule has 1 heterocycles. The van der Waals surface area contributed by atoms with E-state index in [0.29, 0.717) is 12.0 Å². The molecule has 1 unspecified atom stereocenters. The monoisotopic (exact) mass is 345 g/mol. The van der Waals surface area contributed by atoms with Crippen molar-refractivity contribution in [1.29, 1.82) is 0 Å². The van der Waals surface area contributed by atoms with Gasteiger partial charge in [-0.2, -0.15) is 0 Å². The van der Waals surface area contributed by atoms with Gasteiger partial charge in [0.15, 0.2) is 5.41 Å². The highest BCUT2D eigenvalue weighted by Crippen LogP contribution is 2.51. The van der Waals surface area contributed by atoms with Gasteiger partial charge in [-0.15, -0.1) is 0 Å². The summed E-state index contributed by atoms with van der Waals surface area (Å²) in [7, 11) is 0. The van der Waals surface area contributed by atoms with Crippen molar-refractivity contribution in [1.82, 2.24) is 0 Å². The third-order valence-corrected chi connectivity index (χ3v) is 4.78. The molecule has 0 radical (unpaired) electrons. The fraction of sp³-hybridized carbons (Fsp3) is 0.444. The predicted molar refractivity (Wildman–Crippen MR) is 87.5 cm³/mol. The number of non-ortho nitro benzene ring substituents is 1. The summed E-state index contributed by atoms with van der Waals surface area (Å²) in [5.74, 6) is -3.18. The summed E-state index contributed by atoms with van der Waals surface area (Å²) >= 11 is 0. The van der Waals surface area contributed by atoms with Crippen LogP contribution in [0.3, 0.4) is 0 Å². The van der Waals surface area contributed by atoms with Crippen LogP contribution >= 0.6 is 0 Å². The minimum atomic E-state index is -1.51. The van der Waals surface area contributed by atoms with Crippen molar-refractivity contribution in [3.05, 3.63) is 51.6 Å². The highest BCUT2D eigenvalue weighted by Gasteiger charge is 2.61. The molecule has 1 aliphatic carbocycles. The van der Waals surface area contributed by atoms with Gasteiger partial charge in [0.1, 0.15) is 0 Å². The fourth-order valence-corrected chi connectivity index (χ4v) is 3.50. The van der Waals surface area contributed by atoms with Crippen LogP contribution in [0.25, 0.3) is 0 Å². The third-order valence-electron chi connectivity index (χ3n) is 4.78. The van der Waals surface area contributed by atoms with Gasteiger partial charge in [0.05, 0.1) is 4.92 Å². The van der Waals surface area contributed by atoms with Crippen LogP contribution in [0.1, 0.15) is 45.1 Å². The number of esters is 2. The molecular weight excluding hydrogens is 326 g/mol. The van der Waals surface area contributed by atoms with Gasteiger partial charge in [-0.3, -0.25) is 19.7 Å². The van der Waals surface area contributed by atoms with Crippen molar-refractivity contribution in [3.63, 3.8) is 0 Å². The minimum absolute atomic E-state index is 0.0854. The summed E-state index contributed by atoms with van der Waals surface area (Å²) < 4.78 is 10.7. The second-order valence-electron chi connectivity index (χ2n) is 7.01. The number of hydrogen-bond acceptors (Lipinski definition) is 6. The van der Waals surface area contributed by atoms with Gasteiger partial charge in [0, 0.05) is 31.9 Å².